The molecule has 0 N–H and O–H groups in total. The highest BCUT2D eigenvalue weighted by Crippen LogP contribution is 2.23. The van der Waals surface area contributed by atoms with Crippen molar-refractivity contribution < 1.29 is 33.3 Å². The third-order valence-corrected chi connectivity index (χ3v) is 4.21. The lowest BCUT2D eigenvalue weighted by Crippen LogP contribution is -2.68. The zero-order chi connectivity index (χ0) is 15.7. The molecule has 4 aromatic rings. The van der Waals surface area contributed by atoms with Crippen LogP contribution in [0.4, 0.5) is 0 Å². The minimum Gasteiger partial charge on any atom is -0.222 e. The number of hydrogen-bond donors (Lipinski definition) is 0. The molecule has 0 atom stereocenters. The zero-order valence-electron chi connectivity index (χ0n) is 11.1. The first-order valence-electron chi connectivity index (χ1n) is 6.25. The fourth-order valence-electron chi connectivity index (χ4n) is 2.29. The van der Waals surface area contributed by atoms with Crippen molar-refractivity contribution in [3.8, 4) is 0 Å². The summed E-state index contributed by atoms with van der Waals surface area (Å²) in [6, 6.07) is 19.3. The quantitative estimate of drug-likeness (QED) is 0.386. The number of hydrogen-bond acceptors (Lipinski definition) is 5. The predicted molar refractivity (Wildman–Crippen MR) is 72.5 cm³/mol. The number of nitrogens with zero attached hydrogens (tertiary/aromatic N) is 1. The summed E-state index contributed by atoms with van der Waals surface area (Å²) in [5.41, 5.74) is 1.29. The van der Waals surface area contributed by atoms with Crippen molar-refractivity contribution in [3.63, 3.8) is 0 Å². The van der Waals surface area contributed by atoms with Crippen molar-refractivity contribution in [1.82, 2.24) is 0 Å². The minimum atomic E-state index is -4.94. The highest BCUT2D eigenvalue weighted by molar-refractivity contribution is 7.23. The Labute approximate surface area is 131 Å². The van der Waals surface area contributed by atoms with Crippen molar-refractivity contribution >= 4 is 37.2 Å². The van der Waals surface area contributed by atoms with E-state index in [2.05, 4.69) is 65.2 Å². The Morgan fingerprint density at radius 1 is 0.818 bits per heavy atom. The molecule has 0 saturated carbocycles. The second kappa shape index (κ2) is 5.77. The molecule has 0 aliphatic rings. The topological polar surface area (TPSA) is 96.3 Å². The average Bonchev–Trinajstić information content (AvgIpc) is 2.80. The number of rotatable bonds is 0. The van der Waals surface area contributed by atoms with E-state index in [1.54, 1.807) is 0 Å². The Morgan fingerprint density at radius 2 is 1.41 bits per heavy atom. The molecule has 0 aliphatic heterocycles. The molecule has 0 bridgehead atoms. The van der Waals surface area contributed by atoms with Gasteiger partial charge >= 0.3 is 0 Å². The van der Waals surface area contributed by atoms with Gasteiger partial charge in [0.1, 0.15) is 4.70 Å². The van der Waals surface area contributed by atoms with Crippen LogP contribution in [0.5, 0.6) is 0 Å². The molecule has 0 aliphatic carbocycles. The highest BCUT2D eigenvalue weighted by atomic mass is 35.7. The SMILES string of the molecule is [O-][Cl+3]([O-])([O-])[O-].c1ccc2c[n+]3c(cc2c1)sc1ccccc13. The molecular formula is C15H10ClNO4S. The third kappa shape index (κ3) is 3.33. The summed E-state index contributed by atoms with van der Waals surface area (Å²) in [5, 5.41) is 2.59. The fourth-order valence-corrected chi connectivity index (χ4v) is 3.37. The molecule has 0 radical (unpaired) electrons. The molecule has 112 valence electrons. The number of fused-ring (bicyclic) bond motifs is 4. The highest BCUT2D eigenvalue weighted by Gasteiger charge is 2.13. The lowest BCUT2D eigenvalue weighted by molar-refractivity contribution is -2.00. The van der Waals surface area contributed by atoms with E-state index in [4.69, 9.17) is 18.6 Å². The van der Waals surface area contributed by atoms with E-state index >= 15 is 0 Å². The molecule has 5 nitrogen and oxygen atoms in total. The summed E-state index contributed by atoms with van der Waals surface area (Å²) in [6.45, 7) is 0. The van der Waals surface area contributed by atoms with E-state index in [1.807, 2.05) is 11.3 Å². The zero-order valence-corrected chi connectivity index (χ0v) is 12.7. The molecule has 2 aromatic heterocycles. The molecule has 0 unspecified atom stereocenters. The lowest BCUT2D eigenvalue weighted by atomic mass is 10.2. The third-order valence-electron chi connectivity index (χ3n) is 3.12. The van der Waals surface area contributed by atoms with E-state index in [1.165, 1.54) is 25.8 Å². The molecule has 7 heteroatoms. The Bertz CT molecular complexity index is 936. The van der Waals surface area contributed by atoms with E-state index < -0.39 is 10.2 Å². The number of halogens is 1. The molecule has 4 rings (SSSR count). The summed E-state index contributed by atoms with van der Waals surface area (Å²) < 4.78 is 37.6. The van der Waals surface area contributed by atoms with Crippen LogP contribution < -0.4 is 23.0 Å². The van der Waals surface area contributed by atoms with Crippen LogP contribution in [0.25, 0.3) is 25.8 Å². The van der Waals surface area contributed by atoms with Crippen LogP contribution in [-0.4, -0.2) is 0 Å². The van der Waals surface area contributed by atoms with Gasteiger partial charge in [0.05, 0.1) is 0 Å². The smallest absolute Gasteiger partial charge is 0.222 e. The fraction of sp³-hybridized carbons (Fsp3) is 0. The average molecular weight is 336 g/mol. The maximum atomic E-state index is 8.49. The van der Waals surface area contributed by atoms with Crippen LogP contribution in [0.2, 0.25) is 0 Å². The van der Waals surface area contributed by atoms with Gasteiger partial charge in [-0.3, -0.25) is 0 Å². The van der Waals surface area contributed by atoms with Gasteiger partial charge in [0, 0.05) is 17.5 Å². The first kappa shape index (κ1) is 15.1. The monoisotopic (exact) mass is 335 g/mol. The Hall–Kier alpha value is -1.80. The Morgan fingerprint density at radius 3 is 2.14 bits per heavy atom. The molecule has 0 saturated heterocycles. The van der Waals surface area contributed by atoms with E-state index in [0.29, 0.717) is 0 Å². The lowest BCUT2D eigenvalue weighted by Gasteiger charge is -2.17. The van der Waals surface area contributed by atoms with Crippen molar-refractivity contribution in [2.45, 2.75) is 0 Å². The van der Waals surface area contributed by atoms with Gasteiger partial charge < -0.3 is 0 Å². The number of aromatic nitrogens is 1. The second-order valence-corrected chi connectivity index (χ2v) is 6.38. The summed E-state index contributed by atoms with van der Waals surface area (Å²) >= 11 is 1.84. The van der Waals surface area contributed by atoms with Crippen LogP contribution >= 0.6 is 11.3 Å². The van der Waals surface area contributed by atoms with Gasteiger partial charge in [0.15, 0.2) is 6.20 Å². The summed E-state index contributed by atoms with van der Waals surface area (Å²) in [4.78, 5) is 1.30. The molecule has 22 heavy (non-hydrogen) atoms. The van der Waals surface area contributed by atoms with Gasteiger partial charge in [-0.15, -0.1) is 14.6 Å². The van der Waals surface area contributed by atoms with Gasteiger partial charge in [-0.25, -0.2) is 18.6 Å². The summed E-state index contributed by atoms with van der Waals surface area (Å²) in [5.74, 6) is 0. The molecule has 2 heterocycles. The van der Waals surface area contributed by atoms with Crippen LogP contribution in [0.3, 0.4) is 0 Å². The number of pyridine rings is 1. The largest absolute Gasteiger partial charge is 0.268 e. The van der Waals surface area contributed by atoms with E-state index in [0.717, 1.165) is 0 Å². The summed E-state index contributed by atoms with van der Waals surface area (Å²) in [6.07, 6.45) is 2.23. The van der Waals surface area contributed by atoms with Crippen LogP contribution in [0.15, 0.2) is 60.8 Å². The van der Waals surface area contributed by atoms with Crippen molar-refractivity contribution in [2.24, 2.45) is 0 Å². The van der Waals surface area contributed by atoms with Gasteiger partial charge in [-0.05, 0) is 17.5 Å². The van der Waals surface area contributed by atoms with Crippen molar-refractivity contribution in [2.75, 3.05) is 0 Å². The van der Waals surface area contributed by atoms with Gasteiger partial charge in [0.25, 0.3) is 4.83 Å². The molecule has 2 aromatic carbocycles. The van der Waals surface area contributed by atoms with Crippen molar-refractivity contribution in [1.29, 1.82) is 0 Å². The minimum absolute atomic E-state index is 1.29. The number of benzene rings is 2. The first-order chi connectivity index (χ1) is 10.4. The normalized spacial score (nSPS) is 11.6. The van der Waals surface area contributed by atoms with Crippen LogP contribution in [-0.2, 0) is 0 Å². The first-order valence-corrected chi connectivity index (χ1v) is 8.30. The van der Waals surface area contributed by atoms with Crippen LogP contribution in [0, 0.1) is 10.2 Å². The molecular weight excluding hydrogens is 326 g/mol. The van der Waals surface area contributed by atoms with Gasteiger partial charge in [0.2, 0.25) is 5.52 Å². The molecule has 0 amide bonds. The standard InChI is InChI=1S/C15H10NS.ClHO4/c1-2-6-12-10-16-13-7-3-4-8-14(13)17-15(16)9-11(12)5-1;2-1(3,4)5/h1-10H;(H,2,3,4,5)/q+1;/p-1. The molecule has 0 fully saturated rings. The second-order valence-electron chi connectivity index (χ2n) is 4.56. The Kier molecular flexibility index (Phi) is 3.96. The maximum Gasteiger partial charge on any atom is 0.268 e. The summed E-state index contributed by atoms with van der Waals surface area (Å²) in [7, 11) is -4.94. The van der Waals surface area contributed by atoms with E-state index in [9.17, 15) is 0 Å². The van der Waals surface area contributed by atoms with Gasteiger partial charge in [-0.2, -0.15) is 0 Å². The van der Waals surface area contributed by atoms with Crippen molar-refractivity contribution in [3.05, 3.63) is 60.8 Å². The van der Waals surface area contributed by atoms with Crippen LogP contribution in [0.1, 0.15) is 0 Å². The Balaban J connectivity index is 0.000000254. The maximum absolute atomic E-state index is 8.49. The number of para-hydroxylation sites is 1. The van der Waals surface area contributed by atoms with Gasteiger partial charge in [-0.1, -0.05) is 41.7 Å². The predicted octanol–water partition coefficient (Wildman–Crippen LogP) is -0.963. The number of thiazole rings is 1. The van der Waals surface area contributed by atoms with E-state index in [-0.39, 0.29) is 0 Å². The molecule has 0 spiro atoms.